The molecule has 94 valence electrons. The zero-order valence-corrected chi connectivity index (χ0v) is 10.0. The molecule has 1 atom stereocenters. The summed E-state index contributed by atoms with van der Waals surface area (Å²) in [6, 6.07) is 6.34. The fraction of sp³-hybridized carbons (Fsp3) is 0.357. The summed E-state index contributed by atoms with van der Waals surface area (Å²) < 4.78 is 14.8. The lowest BCUT2D eigenvalue weighted by Crippen LogP contribution is -2.14. The standard InChI is InChI=1S/C14H15FN2O/c15-11-4-6-12(7-5-11)17-14-3-1-2-10(9-18)13(14)8-16-17/h4-8,10,18H,1-3,9H2/t10-/m0/s1. The van der Waals surface area contributed by atoms with Gasteiger partial charge in [0.25, 0.3) is 0 Å². The Morgan fingerprint density at radius 2 is 2.11 bits per heavy atom. The van der Waals surface area contributed by atoms with Crippen molar-refractivity contribution in [2.24, 2.45) is 0 Å². The number of aliphatic hydroxyl groups is 1. The smallest absolute Gasteiger partial charge is 0.123 e. The Hall–Kier alpha value is -1.68. The molecule has 0 unspecified atom stereocenters. The lowest BCUT2D eigenvalue weighted by Gasteiger charge is -2.21. The number of halogens is 1. The number of nitrogens with zero attached hydrogens (tertiary/aromatic N) is 2. The molecule has 2 aromatic rings. The van der Waals surface area contributed by atoms with E-state index < -0.39 is 0 Å². The molecule has 1 aromatic carbocycles. The van der Waals surface area contributed by atoms with E-state index in [1.54, 1.807) is 12.1 Å². The number of aliphatic hydroxyl groups excluding tert-OH is 1. The first-order chi connectivity index (χ1) is 8.79. The van der Waals surface area contributed by atoms with Crippen molar-refractivity contribution in [1.29, 1.82) is 0 Å². The zero-order valence-electron chi connectivity index (χ0n) is 10.0. The van der Waals surface area contributed by atoms with Crippen molar-refractivity contribution in [3.05, 3.63) is 47.5 Å². The molecule has 0 fully saturated rings. The van der Waals surface area contributed by atoms with Crippen LogP contribution in [-0.2, 0) is 6.42 Å². The maximum absolute atomic E-state index is 12.9. The molecule has 1 aliphatic rings. The van der Waals surface area contributed by atoms with Crippen LogP contribution < -0.4 is 0 Å². The van der Waals surface area contributed by atoms with Crippen molar-refractivity contribution < 1.29 is 9.50 Å². The van der Waals surface area contributed by atoms with E-state index in [0.717, 1.165) is 36.2 Å². The Balaban J connectivity index is 2.04. The Kier molecular flexibility index (Phi) is 2.88. The minimum absolute atomic E-state index is 0.169. The largest absolute Gasteiger partial charge is 0.396 e. The van der Waals surface area contributed by atoms with Gasteiger partial charge in [0.15, 0.2) is 0 Å². The topological polar surface area (TPSA) is 38.1 Å². The fourth-order valence-corrected chi connectivity index (χ4v) is 2.64. The SMILES string of the molecule is OC[C@@H]1CCCc2c1cnn2-c1ccc(F)cc1. The molecule has 1 aliphatic carbocycles. The Labute approximate surface area is 105 Å². The molecular weight excluding hydrogens is 231 g/mol. The Morgan fingerprint density at radius 3 is 2.83 bits per heavy atom. The Bertz CT molecular complexity index is 547. The summed E-state index contributed by atoms with van der Waals surface area (Å²) in [7, 11) is 0. The second-order valence-corrected chi connectivity index (χ2v) is 4.71. The van der Waals surface area contributed by atoms with Gasteiger partial charge >= 0.3 is 0 Å². The van der Waals surface area contributed by atoms with Crippen molar-refractivity contribution in [3.63, 3.8) is 0 Å². The first-order valence-corrected chi connectivity index (χ1v) is 6.23. The van der Waals surface area contributed by atoms with Crippen LogP contribution in [0.2, 0.25) is 0 Å². The summed E-state index contributed by atoms with van der Waals surface area (Å²) in [4.78, 5) is 0. The highest BCUT2D eigenvalue weighted by Crippen LogP contribution is 2.32. The van der Waals surface area contributed by atoms with Crippen molar-refractivity contribution in [2.75, 3.05) is 6.61 Å². The highest BCUT2D eigenvalue weighted by molar-refractivity contribution is 5.37. The predicted octanol–water partition coefficient (Wildman–Crippen LogP) is 2.42. The third kappa shape index (κ3) is 1.82. The van der Waals surface area contributed by atoms with Crippen LogP contribution >= 0.6 is 0 Å². The van der Waals surface area contributed by atoms with E-state index in [1.807, 2.05) is 10.9 Å². The van der Waals surface area contributed by atoms with Gasteiger partial charge in [-0.25, -0.2) is 9.07 Å². The van der Waals surface area contributed by atoms with E-state index in [2.05, 4.69) is 5.10 Å². The summed E-state index contributed by atoms with van der Waals surface area (Å²) >= 11 is 0. The minimum atomic E-state index is -0.243. The van der Waals surface area contributed by atoms with Crippen LogP contribution in [-0.4, -0.2) is 21.5 Å². The fourth-order valence-electron chi connectivity index (χ4n) is 2.64. The van der Waals surface area contributed by atoms with Gasteiger partial charge in [-0.3, -0.25) is 0 Å². The molecule has 3 nitrogen and oxygen atoms in total. The molecule has 18 heavy (non-hydrogen) atoms. The molecular formula is C14H15FN2O. The van der Waals surface area contributed by atoms with E-state index in [-0.39, 0.29) is 18.3 Å². The van der Waals surface area contributed by atoms with E-state index in [0.29, 0.717) is 0 Å². The van der Waals surface area contributed by atoms with Gasteiger partial charge in [0, 0.05) is 11.6 Å². The summed E-state index contributed by atoms with van der Waals surface area (Å²) in [6.45, 7) is 0.169. The van der Waals surface area contributed by atoms with Gasteiger partial charge < -0.3 is 5.11 Å². The molecule has 1 aromatic heterocycles. The van der Waals surface area contributed by atoms with Crippen LogP contribution in [0.3, 0.4) is 0 Å². The second kappa shape index (κ2) is 4.53. The maximum atomic E-state index is 12.9. The van der Waals surface area contributed by atoms with Crippen LogP contribution in [0.25, 0.3) is 5.69 Å². The highest BCUT2D eigenvalue weighted by Gasteiger charge is 2.23. The van der Waals surface area contributed by atoms with E-state index in [1.165, 1.54) is 12.1 Å². The first-order valence-electron chi connectivity index (χ1n) is 6.23. The normalized spacial score (nSPS) is 18.7. The molecule has 0 radical (unpaired) electrons. The molecule has 0 bridgehead atoms. The zero-order chi connectivity index (χ0) is 12.5. The quantitative estimate of drug-likeness (QED) is 0.883. The number of hydrogen-bond donors (Lipinski definition) is 1. The lowest BCUT2D eigenvalue weighted by atomic mass is 9.87. The monoisotopic (exact) mass is 246 g/mol. The van der Waals surface area contributed by atoms with Gasteiger partial charge in [-0.1, -0.05) is 0 Å². The van der Waals surface area contributed by atoms with Crippen molar-refractivity contribution in [3.8, 4) is 5.69 Å². The summed E-state index contributed by atoms with van der Waals surface area (Å²) in [6.07, 6.45) is 4.87. The molecule has 1 N–H and O–H groups in total. The van der Waals surface area contributed by atoms with Gasteiger partial charge in [0.05, 0.1) is 18.5 Å². The Morgan fingerprint density at radius 1 is 1.33 bits per heavy atom. The number of rotatable bonds is 2. The number of benzene rings is 1. The first kappa shape index (κ1) is 11.4. The molecule has 0 spiro atoms. The van der Waals surface area contributed by atoms with Crippen molar-refractivity contribution in [1.82, 2.24) is 9.78 Å². The van der Waals surface area contributed by atoms with E-state index >= 15 is 0 Å². The van der Waals surface area contributed by atoms with Gasteiger partial charge in [0.2, 0.25) is 0 Å². The highest BCUT2D eigenvalue weighted by atomic mass is 19.1. The van der Waals surface area contributed by atoms with Crippen LogP contribution in [0.5, 0.6) is 0 Å². The molecule has 0 amide bonds. The minimum Gasteiger partial charge on any atom is -0.396 e. The van der Waals surface area contributed by atoms with Crippen molar-refractivity contribution in [2.45, 2.75) is 25.2 Å². The number of aromatic nitrogens is 2. The molecule has 0 saturated carbocycles. The summed E-state index contributed by atoms with van der Waals surface area (Å²) in [5.41, 5.74) is 3.15. The molecule has 1 heterocycles. The van der Waals surface area contributed by atoms with Gasteiger partial charge in [-0.15, -0.1) is 0 Å². The lowest BCUT2D eigenvalue weighted by molar-refractivity contribution is 0.252. The second-order valence-electron chi connectivity index (χ2n) is 4.71. The van der Waals surface area contributed by atoms with Crippen LogP contribution in [0.1, 0.15) is 30.0 Å². The van der Waals surface area contributed by atoms with E-state index in [4.69, 9.17) is 0 Å². The number of hydrogen-bond acceptors (Lipinski definition) is 2. The van der Waals surface area contributed by atoms with Gasteiger partial charge in [0.1, 0.15) is 5.82 Å². The van der Waals surface area contributed by atoms with Crippen LogP contribution in [0.4, 0.5) is 4.39 Å². The van der Waals surface area contributed by atoms with Crippen molar-refractivity contribution >= 4 is 0 Å². The summed E-state index contributed by atoms with van der Waals surface area (Å²) in [5, 5.41) is 13.7. The predicted molar refractivity (Wildman–Crippen MR) is 66.3 cm³/mol. The maximum Gasteiger partial charge on any atom is 0.123 e. The van der Waals surface area contributed by atoms with Crippen LogP contribution in [0.15, 0.2) is 30.5 Å². The molecule has 0 aliphatic heterocycles. The van der Waals surface area contributed by atoms with Gasteiger partial charge in [-0.05, 0) is 49.1 Å². The van der Waals surface area contributed by atoms with Gasteiger partial charge in [-0.2, -0.15) is 5.10 Å². The third-order valence-electron chi connectivity index (χ3n) is 3.60. The van der Waals surface area contributed by atoms with Crippen LogP contribution in [0, 0.1) is 5.82 Å². The molecule has 0 saturated heterocycles. The molecule has 4 heteroatoms. The summed E-state index contributed by atoms with van der Waals surface area (Å²) in [5.74, 6) is -0.0454. The van der Waals surface area contributed by atoms with E-state index in [9.17, 15) is 9.50 Å². The number of fused-ring (bicyclic) bond motifs is 1. The average molecular weight is 246 g/mol. The third-order valence-corrected chi connectivity index (χ3v) is 3.60. The molecule has 3 rings (SSSR count). The average Bonchev–Trinajstić information content (AvgIpc) is 2.83.